The summed E-state index contributed by atoms with van der Waals surface area (Å²) in [4.78, 5) is 24.3. The Labute approximate surface area is 142 Å². The van der Waals surface area contributed by atoms with Gasteiger partial charge in [0.1, 0.15) is 5.75 Å². The predicted molar refractivity (Wildman–Crippen MR) is 89.3 cm³/mol. The number of rotatable bonds is 7. The molecule has 1 aromatic rings. The van der Waals surface area contributed by atoms with Gasteiger partial charge < -0.3 is 19.9 Å². The van der Waals surface area contributed by atoms with Crippen LogP contribution in [0.15, 0.2) is 18.2 Å². The highest BCUT2D eigenvalue weighted by molar-refractivity contribution is 5.92. The fourth-order valence-corrected chi connectivity index (χ4v) is 3.38. The Morgan fingerprint density at radius 3 is 2.50 bits per heavy atom. The van der Waals surface area contributed by atoms with Crippen molar-refractivity contribution in [3.63, 3.8) is 0 Å². The van der Waals surface area contributed by atoms with Gasteiger partial charge in [0.2, 0.25) is 5.91 Å². The summed E-state index contributed by atoms with van der Waals surface area (Å²) in [7, 11) is 3.02. The minimum atomic E-state index is -1.10. The standard InChI is InChI=1S/C18H25NO5/c1-12-6-7-13(10-15(12)24-3)18(8-4-5-9-18)17(22)19-14(11-23-2)16(20)21/h6-7,10,14H,4-5,8-9,11H2,1-3H3,(H,19,22)(H,20,21). The number of carbonyl (C=O) groups is 2. The first-order valence-corrected chi connectivity index (χ1v) is 8.12. The van der Waals surface area contributed by atoms with Crippen molar-refractivity contribution in [2.24, 2.45) is 0 Å². The van der Waals surface area contributed by atoms with Crippen LogP contribution < -0.4 is 10.1 Å². The van der Waals surface area contributed by atoms with Crippen LogP contribution in [0.4, 0.5) is 0 Å². The highest BCUT2D eigenvalue weighted by Crippen LogP contribution is 2.42. The number of amides is 1. The molecule has 0 bridgehead atoms. The number of nitrogens with one attached hydrogen (secondary N) is 1. The lowest BCUT2D eigenvalue weighted by atomic mass is 9.77. The minimum Gasteiger partial charge on any atom is -0.496 e. The van der Waals surface area contributed by atoms with Gasteiger partial charge in [-0.2, -0.15) is 0 Å². The van der Waals surface area contributed by atoms with Gasteiger partial charge in [0.25, 0.3) is 0 Å². The molecule has 24 heavy (non-hydrogen) atoms. The molecule has 132 valence electrons. The normalized spacial score (nSPS) is 17.3. The monoisotopic (exact) mass is 335 g/mol. The highest BCUT2D eigenvalue weighted by Gasteiger charge is 2.44. The topological polar surface area (TPSA) is 84.9 Å². The molecule has 0 saturated heterocycles. The molecule has 0 radical (unpaired) electrons. The van der Waals surface area contributed by atoms with Crippen molar-refractivity contribution in [1.29, 1.82) is 0 Å². The van der Waals surface area contributed by atoms with Crippen molar-refractivity contribution in [1.82, 2.24) is 5.32 Å². The van der Waals surface area contributed by atoms with E-state index < -0.39 is 17.4 Å². The number of carbonyl (C=O) groups excluding carboxylic acids is 1. The van der Waals surface area contributed by atoms with Crippen molar-refractivity contribution < 1.29 is 24.2 Å². The largest absolute Gasteiger partial charge is 0.496 e. The number of hydrogen-bond acceptors (Lipinski definition) is 4. The summed E-state index contributed by atoms with van der Waals surface area (Å²) in [5.74, 6) is -0.617. The Kier molecular flexibility index (Phi) is 5.83. The number of methoxy groups -OCH3 is 2. The van der Waals surface area contributed by atoms with Crippen molar-refractivity contribution in [3.05, 3.63) is 29.3 Å². The molecular formula is C18H25NO5. The molecule has 1 aliphatic rings. The molecule has 0 aromatic heterocycles. The predicted octanol–water partition coefficient (Wildman–Crippen LogP) is 2.03. The quantitative estimate of drug-likeness (QED) is 0.796. The Morgan fingerprint density at radius 1 is 1.29 bits per heavy atom. The smallest absolute Gasteiger partial charge is 0.328 e. The Morgan fingerprint density at radius 2 is 1.96 bits per heavy atom. The number of hydrogen-bond donors (Lipinski definition) is 2. The summed E-state index contributed by atoms with van der Waals surface area (Å²) in [5, 5.41) is 11.9. The molecular weight excluding hydrogens is 310 g/mol. The van der Waals surface area contributed by atoms with Gasteiger partial charge in [-0.1, -0.05) is 25.0 Å². The lowest BCUT2D eigenvalue weighted by Gasteiger charge is -2.30. The molecule has 0 aliphatic heterocycles. The molecule has 1 aromatic carbocycles. The second-order valence-corrected chi connectivity index (χ2v) is 6.29. The van der Waals surface area contributed by atoms with Crippen LogP contribution >= 0.6 is 0 Å². The van der Waals surface area contributed by atoms with Crippen LogP contribution in [-0.4, -0.2) is 43.9 Å². The van der Waals surface area contributed by atoms with Gasteiger partial charge in [-0.05, 0) is 37.0 Å². The van der Waals surface area contributed by atoms with E-state index in [1.54, 1.807) is 7.11 Å². The molecule has 1 atom stereocenters. The van der Waals surface area contributed by atoms with Crippen molar-refractivity contribution in [2.45, 2.75) is 44.1 Å². The van der Waals surface area contributed by atoms with Crippen molar-refractivity contribution in [2.75, 3.05) is 20.8 Å². The van der Waals surface area contributed by atoms with Crippen LogP contribution in [0.1, 0.15) is 36.8 Å². The summed E-state index contributed by atoms with van der Waals surface area (Å²) in [5.41, 5.74) is 1.17. The minimum absolute atomic E-state index is 0.0611. The van der Waals surface area contributed by atoms with E-state index in [-0.39, 0.29) is 12.5 Å². The van der Waals surface area contributed by atoms with E-state index in [0.717, 1.165) is 29.7 Å². The molecule has 2 N–H and O–H groups in total. The first-order chi connectivity index (χ1) is 11.4. The second kappa shape index (κ2) is 7.66. The van der Waals surface area contributed by atoms with Gasteiger partial charge in [-0.15, -0.1) is 0 Å². The summed E-state index contributed by atoms with van der Waals surface area (Å²) in [6, 6.07) is 4.72. The number of carboxylic acids is 1. The van der Waals surface area contributed by atoms with Crippen LogP contribution in [0.3, 0.4) is 0 Å². The zero-order valence-corrected chi connectivity index (χ0v) is 14.4. The van der Waals surface area contributed by atoms with E-state index in [1.165, 1.54) is 7.11 Å². The average Bonchev–Trinajstić information content (AvgIpc) is 3.05. The van der Waals surface area contributed by atoms with E-state index in [2.05, 4.69) is 5.32 Å². The van der Waals surface area contributed by atoms with Gasteiger partial charge in [0.15, 0.2) is 6.04 Å². The van der Waals surface area contributed by atoms with Crippen LogP contribution in [-0.2, 0) is 19.7 Å². The zero-order chi connectivity index (χ0) is 17.7. The Balaban J connectivity index is 2.33. The SMILES string of the molecule is COCC(NC(=O)C1(c2ccc(C)c(OC)c2)CCCC1)C(=O)O. The van der Waals surface area contributed by atoms with Gasteiger partial charge in [0.05, 0.1) is 19.1 Å². The third-order valence-corrected chi connectivity index (χ3v) is 4.79. The van der Waals surface area contributed by atoms with Crippen LogP contribution in [0.5, 0.6) is 5.75 Å². The Bertz CT molecular complexity index is 607. The van der Waals surface area contributed by atoms with Gasteiger partial charge in [-0.3, -0.25) is 4.79 Å². The van der Waals surface area contributed by atoms with Gasteiger partial charge in [0, 0.05) is 7.11 Å². The summed E-state index contributed by atoms with van der Waals surface area (Å²) in [6.45, 7) is 1.89. The van der Waals surface area contributed by atoms with E-state index in [0.29, 0.717) is 12.8 Å². The molecule has 1 unspecified atom stereocenters. The summed E-state index contributed by atoms with van der Waals surface area (Å²) in [6.07, 6.45) is 3.27. The molecule has 1 amide bonds. The lowest BCUT2D eigenvalue weighted by Crippen LogP contribution is -2.51. The first-order valence-electron chi connectivity index (χ1n) is 8.12. The van der Waals surface area contributed by atoms with E-state index in [1.807, 2.05) is 25.1 Å². The third-order valence-electron chi connectivity index (χ3n) is 4.79. The number of aryl methyl sites for hydroxylation is 1. The lowest BCUT2D eigenvalue weighted by molar-refractivity contribution is -0.144. The molecule has 6 heteroatoms. The highest BCUT2D eigenvalue weighted by atomic mass is 16.5. The molecule has 1 aliphatic carbocycles. The van der Waals surface area contributed by atoms with E-state index >= 15 is 0 Å². The number of benzene rings is 1. The van der Waals surface area contributed by atoms with Crippen LogP contribution in [0.2, 0.25) is 0 Å². The summed E-state index contributed by atoms with van der Waals surface area (Å²) < 4.78 is 10.3. The maximum atomic E-state index is 13.0. The van der Waals surface area contributed by atoms with Crippen molar-refractivity contribution >= 4 is 11.9 Å². The molecule has 1 saturated carbocycles. The van der Waals surface area contributed by atoms with Crippen molar-refractivity contribution in [3.8, 4) is 5.75 Å². The maximum absolute atomic E-state index is 13.0. The molecule has 0 spiro atoms. The third kappa shape index (κ3) is 3.53. The maximum Gasteiger partial charge on any atom is 0.328 e. The molecule has 6 nitrogen and oxygen atoms in total. The fourth-order valence-electron chi connectivity index (χ4n) is 3.38. The number of aliphatic carboxylic acids is 1. The number of carboxylic acid groups (broad SMARTS) is 1. The average molecular weight is 335 g/mol. The van der Waals surface area contributed by atoms with Gasteiger partial charge >= 0.3 is 5.97 Å². The molecule has 2 rings (SSSR count). The van der Waals surface area contributed by atoms with Gasteiger partial charge in [-0.25, -0.2) is 4.79 Å². The molecule has 0 heterocycles. The van der Waals surface area contributed by atoms with Crippen LogP contribution in [0.25, 0.3) is 0 Å². The summed E-state index contributed by atoms with van der Waals surface area (Å²) >= 11 is 0. The number of ether oxygens (including phenoxy) is 2. The fraction of sp³-hybridized carbons (Fsp3) is 0.556. The zero-order valence-electron chi connectivity index (χ0n) is 14.4. The van der Waals surface area contributed by atoms with E-state index in [4.69, 9.17) is 9.47 Å². The molecule has 1 fully saturated rings. The Hall–Kier alpha value is -2.08. The van der Waals surface area contributed by atoms with E-state index in [9.17, 15) is 14.7 Å². The first kappa shape index (κ1) is 18.3. The van der Waals surface area contributed by atoms with Crippen LogP contribution in [0, 0.1) is 6.92 Å². The second-order valence-electron chi connectivity index (χ2n) is 6.29.